The number of aliphatic hydroxyl groups excluding tert-OH is 1. The van der Waals surface area contributed by atoms with Gasteiger partial charge < -0.3 is 29.5 Å². The number of hydrogen-bond acceptors (Lipinski definition) is 7. The second-order valence-corrected chi connectivity index (χ2v) is 9.09. The van der Waals surface area contributed by atoms with Gasteiger partial charge in [0.2, 0.25) is 5.91 Å². The third-order valence-electron chi connectivity index (χ3n) is 6.61. The number of hydrogen-bond donors (Lipinski definition) is 2. The van der Waals surface area contributed by atoms with Crippen LogP contribution in [0.3, 0.4) is 0 Å². The van der Waals surface area contributed by atoms with E-state index < -0.39 is 12.1 Å². The first-order chi connectivity index (χ1) is 17.4. The fourth-order valence-corrected chi connectivity index (χ4v) is 4.52. The fraction of sp³-hybridized carbons (Fsp3) is 0.500. The van der Waals surface area contributed by atoms with Crippen LogP contribution in [0.5, 0.6) is 17.2 Å². The first kappa shape index (κ1) is 27.5. The average molecular weight is 499 g/mol. The quantitative estimate of drug-likeness (QED) is 0.302. The van der Waals surface area contributed by atoms with Crippen molar-refractivity contribution in [3.05, 3.63) is 53.6 Å². The molecule has 0 saturated carbocycles. The zero-order chi connectivity index (χ0) is 25.9. The predicted molar refractivity (Wildman–Crippen MR) is 138 cm³/mol. The molecule has 0 spiro atoms. The monoisotopic (exact) mass is 498 g/mol. The van der Waals surface area contributed by atoms with Gasteiger partial charge in [0.15, 0.2) is 5.78 Å². The SMILES string of the molecule is COc1ccc(C(=O)CCCCC(=O)N[C@H](CN2CCCC2)[C@H](O)c2ccc(OC)cc2OC)cc1. The smallest absolute Gasteiger partial charge is 0.220 e. The molecule has 2 aromatic rings. The molecule has 2 atom stereocenters. The molecule has 8 nitrogen and oxygen atoms in total. The number of ketones is 1. The van der Waals surface area contributed by atoms with Crippen LogP contribution in [0.4, 0.5) is 0 Å². The maximum Gasteiger partial charge on any atom is 0.220 e. The van der Waals surface area contributed by atoms with Crippen LogP contribution < -0.4 is 19.5 Å². The zero-order valence-corrected chi connectivity index (χ0v) is 21.5. The first-order valence-electron chi connectivity index (χ1n) is 12.5. The molecule has 0 radical (unpaired) electrons. The van der Waals surface area contributed by atoms with Gasteiger partial charge in [0.05, 0.1) is 27.4 Å². The van der Waals surface area contributed by atoms with Gasteiger partial charge >= 0.3 is 0 Å². The lowest BCUT2D eigenvalue weighted by Crippen LogP contribution is -2.46. The number of carbonyl (C=O) groups is 2. The number of nitrogens with zero attached hydrogens (tertiary/aromatic N) is 1. The normalized spacial score (nSPS) is 15.2. The molecule has 2 N–H and O–H groups in total. The number of benzene rings is 2. The summed E-state index contributed by atoms with van der Waals surface area (Å²) in [6.07, 6.45) is 3.17. The summed E-state index contributed by atoms with van der Waals surface area (Å²) >= 11 is 0. The van der Waals surface area contributed by atoms with E-state index in [0.717, 1.165) is 25.9 Å². The van der Waals surface area contributed by atoms with Gasteiger partial charge in [0, 0.05) is 36.6 Å². The van der Waals surface area contributed by atoms with E-state index in [-0.39, 0.29) is 11.7 Å². The molecular weight excluding hydrogens is 460 g/mol. The van der Waals surface area contributed by atoms with E-state index in [2.05, 4.69) is 10.2 Å². The Hall–Kier alpha value is -3.10. The summed E-state index contributed by atoms with van der Waals surface area (Å²) in [6.45, 7) is 2.46. The van der Waals surface area contributed by atoms with Crippen molar-refractivity contribution in [1.29, 1.82) is 0 Å². The molecule has 1 aliphatic heterocycles. The average Bonchev–Trinajstić information content (AvgIpc) is 3.43. The van der Waals surface area contributed by atoms with E-state index in [1.807, 2.05) is 0 Å². The lowest BCUT2D eigenvalue weighted by Gasteiger charge is -2.29. The van der Waals surface area contributed by atoms with Crippen molar-refractivity contribution < 1.29 is 28.9 Å². The Labute approximate surface area is 213 Å². The minimum Gasteiger partial charge on any atom is -0.497 e. The molecule has 0 unspecified atom stereocenters. The van der Waals surface area contributed by atoms with Crippen molar-refractivity contribution in [1.82, 2.24) is 10.2 Å². The van der Waals surface area contributed by atoms with Crippen LogP contribution in [0.1, 0.15) is 60.6 Å². The highest BCUT2D eigenvalue weighted by Crippen LogP contribution is 2.31. The van der Waals surface area contributed by atoms with Gasteiger partial charge in [-0.25, -0.2) is 0 Å². The number of rotatable bonds is 14. The van der Waals surface area contributed by atoms with Gasteiger partial charge in [-0.1, -0.05) is 0 Å². The number of nitrogens with one attached hydrogen (secondary N) is 1. The first-order valence-corrected chi connectivity index (χ1v) is 12.5. The second kappa shape index (κ2) is 13.8. The highest BCUT2D eigenvalue weighted by molar-refractivity contribution is 5.96. The number of aliphatic hydroxyl groups is 1. The van der Waals surface area contributed by atoms with Gasteiger partial charge in [-0.05, 0) is 75.2 Å². The van der Waals surface area contributed by atoms with Crippen LogP contribution in [0.2, 0.25) is 0 Å². The molecule has 196 valence electrons. The van der Waals surface area contributed by atoms with Crippen molar-refractivity contribution in [2.45, 2.75) is 50.7 Å². The minimum absolute atomic E-state index is 0.0481. The molecule has 36 heavy (non-hydrogen) atoms. The molecule has 0 bridgehead atoms. The summed E-state index contributed by atoms with van der Waals surface area (Å²) in [4.78, 5) is 27.5. The maximum atomic E-state index is 12.8. The molecule has 1 saturated heterocycles. The van der Waals surface area contributed by atoms with E-state index in [0.29, 0.717) is 60.6 Å². The number of unbranched alkanes of at least 4 members (excludes halogenated alkanes) is 1. The molecule has 2 aromatic carbocycles. The van der Waals surface area contributed by atoms with E-state index in [4.69, 9.17) is 14.2 Å². The Morgan fingerprint density at radius 1 is 0.917 bits per heavy atom. The summed E-state index contributed by atoms with van der Waals surface area (Å²) in [6, 6.07) is 11.8. The number of Topliss-reactive ketones (excluding diaryl/α,β-unsaturated/α-hetero) is 1. The van der Waals surface area contributed by atoms with Crippen LogP contribution in [-0.4, -0.2) is 68.7 Å². The van der Waals surface area contributed by atoms with Crippen LogP contribution in [0, 0.1) is 0 Å². The summed E-state index contributed by atoms with van der Waals surface area (Å²) in [5, 5.41) is 14.3. The Balaban J connectivity index is 1.56. The Bertz CT molecular complexity index is 988. The number of carbonyl (C=O) groups excluding carboxylic acids is 2. The molecule has 1 aliphatic rings. The number of ether oxygens (including phenoxy) is 3. The Morgan fingerprint density at radius 2 is 1.56 bits per heavy atom. The molecule has 0 aromatic heterocycles. The van der Waals surface area contributed by atoms with Gasteiger partial charge in [0.1, 0.15) is 23.4 Å². The third kappa shape index (κ3) is 7.70. The molecule has 1 heterocycles. The summed E-state index contributed by atoms with van der Waals surface area (Å²) in [5.41, 5.74) is 1.25. The van der Waals surface area contributed by atoms with Crippen LogP contribution in [0.15, 0.2) is 42.5 Å². The summed E-state index contributed by atoms with van der Waals surface area (Å²) < 4.78 is 15.9. The Kier molecular flexibility index (Phi) is 10.6. The van der Waals surface area contributed by atoms with Crippen LogP contribution in [-0.2, 0) is 4.79 Å². The maximum absolute atomic E-state index is 12.8. The molecule has 0 aliphatic carbocycles. The van der Waals surface area contributed by atoms with E-state index in [1.54, 1.807) is 63.8 Å². The second-order valence-electron chi connectivity index (χ2n) is 9.09. The van der Waals surface area contributed by atoms with Gasteiger partial charge in [-0.15, -0.1) is 0 Å². The van der Waals surface area contributed by atoms with E-state index in [9.17, 15) is 14.7 Å². The van der Waals surface area contributed by atoms with Gasteiger partial charge in [-0.3, -0.25) is 9.59 Å². The predicted octanol–water partition coefficient (Wildman–Crippen LogP) is 3.77. The zero-order valence-electron chi connectivity index (χ0n) is 21.5. The van der Waals surface area contributed by atoms with Gasteiger partial charge in [0.25, 0.3) is 0 Å². The van der Waals surface area contributed by atoms with Crippen molar-refractivity contribution >= 4 is 11.7 Å². The third-order valence-corrected chi connectivity index (χ3v) is 6.61. The van der Waals surface area contributed by atoms with Gasteiger partial charge in [-0.2, -0.15) is 0 Å². The highest BCUT2D eigenvalue weighted by Gasteiger charge is 2.28. The van der Waals surface area contributed by atoms with E-state index >= 15 is 0 Å². The van der Waals surface area contributed by atoms with Crippen molar-refractivity contribution in [2.24, 2.45) is 0 Å². The summed E-state index contributed by atoms with van der Waals surface area (Å²) in [5.74, 6) is 1.77. The standard InChI is InChI=1S/C28H38N2O6/c1-34-21-12-10-20(11-13-21)25(31)8-4-5-9-27(32)29-24(19-30-16-6-7-17-30)28(33)23-15-14-22(35-2)18-26(23)36-3/h10-15,18,24,28,33H,4-9,16-17,19H2,1-3H3,(H,29,32)/t24-,28-/m1/s1. The Morgan fingerprint density at radius 3 is 2.19 bits per heavy atom. The lowest BCUT2D eigenvalue weighted by atomic mass is 9.99. The topological polar surface area (TPSA) is 97.3 Å². The number of methoxy groups -OCH3 is 3. The van der Waals surface area contributed by atoms with Crippen LogP contribution >= 0.6 is 0 Å². The fourth-order valence-electron chi connectivity index (χ4n) is 4.52. The molecular formula is C28H38N2O6. The van der Waals surface area contributed by atoms with E-state index in [1.165, 1.54) is 0 Å². The highest BCUT2D eigenvalue weighted by atomic mass is 16.5. The number of amides is 1. The van der Waals surface area contributed by atoms with Crippen LogP contribution in [0.25, 0.3) is 0 Å². The molecule has 1 amide bonds. The number of likely N-dealkylation sites (tertiary alicyclic amines) is 1. The van der Waals surface area contributed by atoms with Crippen molar-refractivity contribution in [2.75, 3.05) is 41.0 Å². The van der Waals surface area contributed by atoms with Crippen molar-refractivity contribution in [3.63, 3.8) is 0 Å². The van der Waals surface area contributed by atoms with Crippen molar-refractivity contribution in [3.8, 4) is 17.2 Å². The largest absolute Gasteiger partial charge is 0.497 e. The molecule has 1 fully saturated rings. The minimum atomic E-state index is -0.938. The lowest BCUT2D eigenvalue weighted by molar-refractivity contribution is -0.123. The molecule has 8 heteroatoms. The summed E-state index contributed by atoms with van der Waals surface area (Å²) in [7, 11) is 4.71. The molecule has 3 rings (SSSR count).